The van der Waals surface area contributed by atoms with Crippen LogP contribution in [-0.2, 0) is 5.41 Å². The zero-order chi connectivity index (χ0) is 13.1. The first-order valence-corrected chi connectivity index (χ1v) is 6.12. The minimum absolute atomic E-state index is 0.0127. The summed E-state index contributed by atoms with van der Waals surface area (Å²) in [4.78, 5) is 0. The van der Waals surface area contributed by atoms with Crippen molar-refractivity contribution in [3.8, 4) is 0 Å². The van der Waals surface area contributed by atoms with Crippen LogP contribution >= 0.6 is 0 Å². The molecule has 3 rings (SSSR count). The lowest BCUT2D eigenvalue weighted by Gasteiger charge is -2.34. The summed E-state index contributed by atoms with van der Waals surface area (Å²) in [6.45, 7) is -0.0765. The zero-order valence-corrected chi connectivity index (χ0v) is 10.3. The predicted molar refractivity (Wildman–Crippen MR) is 70.4 cm³/mol. The highest BCUT2D eigenvalue weighted by atomic mass is 16.3. The lowest BCUT2D eigenvalue weighted by molar-refractivity contribution is 0.205. The molecule has 0 fully saturated rings. The minimum atomic E-state index is -0.664. The van der Waals surface area contributed by atoms with Crippen molar-refractivity contribution in [2.75, 3.05) is 6.61 Å². The number of aromatic nitrogens is 4. The van der Waals surface area contributed by atoms with Gasteiger partial charge in [0.2, 0.25) is 0 Å². The van der Waals surface area contributed by atoms with Crippen molar-refractivity contribution in [3.63, 3.8) is 0 Å². The number of allylic oxidation sites excluding steroid dienone is 3. The highest BCUT2D eigenvalue weighted by molar-refractivity contribution is 5.40. The molecule has 2 aromatic rings. The van der Waals surface area contributed by atoms with Gasteiger partial charge in [0.15, 0.2) is 5.82 Å². The number of tetrazole rings is 1. The third-order valence-electron chi connectivity index (χ3n) is 3.55. The predicted octanol–water partition coefficient (Wildman–Crippen LogP) is 1.34. The summed E-state index contributed by atoms with van der Waals surface area (Å²) in [5.74, 6) is 0.491. The lowest BCUT2D eigenvalue weighted by Crippen LogP contribution is -2.37. The van der Waals surface area contributed by atoms with Crippen molar-refractivity contribution in [1.82, 2.24) is 20.6 Å². The van der Waals surface area contributed by atoms with Gasteiger partial charge >= 0.3 is 0 Å². The highest BCUT2D eigenvalue weighted by Crippen LogP contribution is 2.41. The molecule has 0 amide bonds. The Hall–Kier alpha value is -2.27. The van der Waals surface area contributed by atoms with Gasteiger partial charge in [0.05, 0.1) is 12.0 Å². The number of hydrogen-bond acceptors (Lipinski definition) is 4. The van der Waals surface area contributed by atoms with Gasteiger partial charge in [-0.25, -0.2) is 0 Å². The van der Waals surface area contributed by atoms with Crippen molar-refractivity contribution >= 4 is 0 Å². The molecule has 2 atom stereocenters. The van der Waals surface area contributed by atoms with E-state index in [-0.39, 0.29) is 12.5 Å². The Labute approximate surface area is 110 Å². The van der Waals surface area contributed by atoms with E-state index < -0.39 is 5.41 Å². The molecule has 0 aliphatic heterocycles. The first-order chi connectivity index (χ1) is 9.37. The van der Waals surface area contributed by atoms with E-state index in [1.165, 1.54) is 0 Å². The summed E-state index contributed by atoms with van der Waals surface area (Å²) in [5, 5.41) is 24.1. The summed E-state index contributed by atoms with van der Waals surface area (Å²) < 4.78 is 0. The fourth-order valence-electron chi connectivity index (χ4n) is 2.54. The molecule has 1 aromatic carbocycles. The number of hydrogen-bond donors (Lipinski definition) is 2. The number of rotatable bonds is 3. The van der Waals surface area contributed by atoms with Crippen LogP contribution in [0, 0.1) is 0 Å². The van der Waals surface area contributed by atoms with E-state index in [2.05, 4.69) is 26.7 Å². The van der Waals surface area contributed by atoms with Gasteiger partial charge in [-0.1, -0.05) is 59.8 Å². The Bertz CT molecular complexity index is 591. The molecule has 1 aliphatic carbocycles. The summed E-state index contributed by atoms with van der Waals surface area (Å²) in [5.41, 5.74) is 0.449. The van der Waals surface area contributed by atoms with E-state index in [1.54, 1.807) is 0 Å². The maximum atomic E-state index is 9.94. The van der Waals surface area contributed by atoms with Crippen molar-refractivity contribution in [1.29, 1.82) is 0 Å². The number of aliphatic hydroxyl groups excluding tert-OH is 1. The lowest BCUT2D eigenvalue weighted by atomic mass is 9.69. The largest absolute Gasteiger partial charge is 0.395 e. The molecule has 5 nitrogen and oxygen atoms in total. The van der Waals surface area contributed by atoms with Crippen LogP contribution in [0.1, 0.15) is 17.3 Å². The second-order valence-corrected chi connectivity index (χ2v) is 4.57. The van der Waals surface area contributed by atoms with E-state index in [1.807, 2.05) is 48.6 Å². The molecule has 0 bridgehead atoms. The number of aliphatic hydroxyl groups is 1. The Balaban J connectivity index is 2.11. The average molecular weight is 254 g/mol. The molecule has 2 N–H and O–H groups in total. The summed E-state index contributed by atoms with van der Waals surface area (Å²) in [6, 6.07) is 10.0. The molecule has 0 saturated carbocycles. The van der Waals surface area contributed by atoms with Crippen LogP contribution in [0.15, 0.2) is 54.6 Å². The van der Waals surface area contributed by atoms with Gasteiger partial charge < -0.3 is 5.11 Å². The number of aromatic amines is 1. The first kappa shape index (κ1) is 11.8. The van der Waals surface area contributed by atoms with Crippen LogP contribution < -0.4 is 0 Å². The maximum Gasteiger partial charge on any atom is 0.187 e. The standard InChI is InChI=1S/C14H14N4O/c19-10-14(13-15-17-18-16-13)9-5-4-8-12(14)11-6-2-1-3-7-11/h1-9,12,19H,10H2,(H,15,16,17,18)/t12-,14-/m0/s1. The molecular weight excluding hydrogens is 240 g/mol. The zero-order valence-electron chi connectivity index (χ0n) is 10.3. The van der Waals surface area contributed by atoms with Crippen LogP contribution in [0.25, 0.3) is 0 Å². The van der Waals surface area contributed by atoms with Gasteiger partial charge in [-0.3, -0.25) is 0 Å². The molecular formula is C14H14N4O. The minimum Gasteiger partial charge on any atom is -0.395 e. The molecule has 5 heteroatoms. The molecule has 96 valence electrons. The molecule has 1 aromatic heterocycles. The molecule has 0 radical (unpaired) electrons. The van der Waals surface area contributed by atoms with Gasteiger partial charge in [0.1, 0.15) is 0 Å². The van der Waals surface area contributed by atoms with Crippen LogP contribution in [0.4, 0.5) is 0 Å². The maximum absolute atomic E-state index is 9.94. The van der Waals surface area contributed by atoms with Gasteiger partial charge in [0.25, 0.3) is 0 Å². The van der Waals surface area contributed by atoms with Gasteiger partial charge in [0, 0.05) is 5.92 Å². The molecule has 0 spiro atoms. The van der Waals surface area contributed by atoms with E-state index in [0.29, 0.717) is 5.82 Å². The molecule has 19 heavy (non-hydrogen) atoms. The third kappa shape index (κ3) is 1.88. The quantitative estimate of drug-likeness (QED) is 0.866. The average Bonchev–Trinajstić information content (AvgIpc) is 3.03. The van der Waals surface area contributed by atoms with E-state index >= 15 is 0 Å². The second-order valence-electron chi connectivity index (χ2n) is 4.57. The third-order valence-corrected chi connectivity index (χ3v) is 3.55. The number of benzene rings is 1. The SMILES string of the molecule is OC[C@@]1(c2nn[nH]n2)C=CC=C[C@H]1c1ccccc1. The Morgan fingerprint density at radius 2 is 2.05 bits per heavy atom. The summed E-state index contributed by atoms with van der Waals surface area (Å²) in [7, 11) is 0. The van der Waals surface area contributed by atoms with E-state index in [0.717, 1.165) is 5.56 Å². The summed E-state index contributed by atoms with van der Waals surface area (Å²) >= 11 is 0. The normalized spacial score (nSPS) is 25.6. The Morgan fingerprint density at radius 3 is 2.74 bits per heavy atom. The number of nitrogens with zero attached hydrogens (tertiary/aromatic N) is 3. The van der Waals surface area contributed by atoms with Crippen LogP contribution in [0.5, 0.6) is 0 Å². The van der Waals surface area contributed by atoms with Gasteiger partial charge in [-0.2, -0.15) is 5.21 Å². The van der Waals surface area contributed by atoms with Crippen LogP contribution in [0.2, 0.25) is 0 Å². The van der Waals surface area contributed by atoms with Crippen molar-refractivity contribution in [3.05, 3.63) is 66.0 Å². The van der Waals surface area contributed by atoms with Crippen molar-refractivity contribution < 1.29 is 5.11 Å². The second kappa shape index (κ2) is 4.78. The van der Waals surface area contributed by atoms with E-state index in [9.17, 15) is 5.11 Å². The fourth-order valence-corrected chi connectivity index (χ4v) is 2.54. The monoisotopic (exact) mass is 254 g/mol. The molecule has 0 unspecified atom stereocenters. The van der Waals surface area contributed by atoms with Crippen molar-refractivity contribution in [2.24, 2.45) is 0 Å². The Kier molecular flexibility index (Phi) is 2.97. The number of H-pyrrole nitrogens is 1. The van der Waals surface area contributed by atoms with Gasteiger partial charge in [-0.15, -0.1) is 10.2 Å². The van der Waals surface area contributed by atoms with Crippen LogP contribution in [0.3, 0.4) is 0 Å². The summed E-state index contributed by atoms with van der Waals surface area (Å²) in [6.07, 6.45) is 7.88. The van der Waals surface area contributed by atoms with Crippen LogP contribution in [-0.4, -0.2) is 32.3 Å². The van der Waals surface area contributed by atoms with Crippen molar-refractivity contribution in [2.45, 2.75) is 11.3 Å². The highest BCUT2D eigenvalue weighted by Gasteiger charge is 2.42. The smallest absolute Gasteiger partial charge is 0.187 e. The number of nitrogens with one attached hydrogen (secondary N) is 1. The fraction of sp³-hybridized carbons (Fsp3) is 0.214. The van der Waals surface area contributed by atoms with E-state index in [4.69, 9.17) is 0 Å². The first-order valence-electron chi connectivity index (χ1n) is 6.12. The molecule has 1 heterocycles. The molecule has 1 aliphatic rings. The molecule has 0 saturated heterocycles. The Morgan fingerprint density at radius 1 is 1.21 bits per heavy atom. The van der Waals surface area contributed by atoms with Gasteiger partial charge in [-0.05, 0) is 5.56 Å². The topological polar surface area (TPSA) is 74.7 Å².